The maximum Gasteiger partial charge on any atom is 0.326 e. The third kappa shape index (κ3) is 3.86. The quantitative estimate of drug-likeness (QED) is 0.566. The van der Waals surface area contributed by atoms with E-state index in [1.165, 1.54) is 4.90 Å². The maximum atomic E-state index is 14.0. The average molecular weight is 445 g/mol. The molecule has 32 heavy (non-hydrogen) atoms. The molecule has 3 aromatic carbocycles. The van der Waals surface area contributed by atoms with Gasteiger partial charge in [0.15, 0.2) is 0 Å². The Kier molecular flexibility index (Phi) is 5.98. The smallest absolute Gasteiger partial charge is 0.326 e. The normalized spacial score (nSPS) is 17.7. The number of carbonyl (C=O) groups excluding carboxylic acids is 1. The van der Waals surface area contributed by atoms with E-state index >= 15 is 0 Å². The van der Waals surface area contributed by atoms with E-state index in [1.54, 1.807) is 31.2 Å². The van der Waals surface area contributed by atoms with Crippen molar-refractivity contribution in [2.75, 3.05) is 0 Å². The van der Waals surface area contributed by atoms with Gasteiger partial charge in [0.25, 0.3) is 5.91 Å². The third-order valence-corrected chi connectivity index (χ3v) is 6.28. The molecular weight excluding hydrogens is 424 g/mol. The number of aliphatic carboxylic acids is 1. The van der Waals surface area contributed by atoms with Crippen LogP contribution in [0.2, 0.25) is 5.02 Å². The number of hydrogen-bond donors (Lipinski definition) is 1. The molecule has 1 heterocycles. The molecule has 2 unspecified atom stereocenters. The van der Waals surface area contributed by atoms with Crippen LogP contribution in [0.4, 0.5) is 0 Å². The van der Waals surface area contributed by atoms with Crippen molar-refractivity contribution in [3.05, 3.63) is 94.0 Å². The topological polar surface area (TPSA) is 81.4 Å². The molecule has 1 aliphatic rings. The molecular formula is C26H21ClN2O3. The van der Waals surface area contributed by atoms with E-state index in [1.807, 2.05) is 42.5 Å². The van der Waals surface area contributed by atoms with Gasteiger partial charge in [-0.15, -0.1) is 0 Å². The summed E-state index contributed by atoms with van der Waals surface area (Å²) < 4.78 is 0. The fraction of sp³-hybridized carbons (Fsp3) is 0.192. The minimum atomic E-state index is -1.04. The van der Waals surface area contributed by atoms with Gasteiger partial charge in [0, 0.05) is 5.02 Å². The summed E-state index contributed by atoms with van der Waals surface area (Å²) >= 11 is 6.42. The van der Waals surface area contributed by atoms with E-state index in [0.717, 1.165) is 11.1 Å². The van der Waals surface area contributed by atoms with Crippen LogP contribution in [-0.4, -0.2) is 27.9 Å². The standard InChI is InChI=1S/C26H21ClN2O3/c1-16-13-17(15-28)14-20(18-7-3-2-4-8-18)24(16)25(30)29-22(11-12-23(29)26(31)32)19-9-5-6-10-21(19)27/h2-10,13-14,22-23H,11-12H2,1H3,(H,31,32). The first kappa shape index (κ1) is 21.6. The van der Waals surface area contributed by atoms with Crippen LogP contribution in [0.25, 0.3) is 11.1 Å². The second kappa shape index (κ2) is 8.86. The van der Waals surface area contributed by atoms with Gasteiger partial charge in [0.05, 0.1) is 23.2 Å². The summed E-state index contributed by atoms with van der Waals surface area (Å²) in [7, 11) is 0. The monoisotopic (exact) mass is 444 g/mol. The number of nitrogens with zero attached hydrogens (tertiary/aromatic N) is 2. The molecule has 0 aliphatic carbocycles. The van der Waals surface area contributed by atoms with Crippen molar-refractivity contribution >= 4 is 23.5 Å². The highest BCUT2D eigenvalue weighted by atomic mass is 35.5. The van der Waals surface area contributed by atoms with Crippen molar-refractivity contribution in [3.63, 3.8) is 0 Å². The fourth-order valence-corrected chi connectivity index (χ4v) is 4.76. The van der Waals surface area contributed by atoms with E-state index in [4.69, 9.17) is 11.6 Å². The summed E-state index contributed by atoms with van der Waals surface area (Å²) in [6, 6.07) is 20.7. The van der Waals surface area contributed by atoms with Crippen molar-refractivity contribution in [3.8, 4) is 17.2 Å². The molecule has 1 aliphatic heterocycles. The number of carboxylic acid groups (broad SMARTS) is 1. The molecule has 4 rings (SSSR count). The lowest BCUT2D eigenvalue weighted by Gasteiger charge is -2.30. The van der Waals surface area contributed by atoms with Crippen LogP contribution in [0.5, 0.6) is 0 Å². The minimum absolute atomic E-state index is 0.340. The molecule has 0 bridgehead atoms. The number of nitriles is 1. The first-order valence-corrected chi connectivity index (χ1v) is 10.7. The van der Waals surface area contributed by atoms with Crippen molar-refractivity contribution in [2.24, 2.45) is 0 Å². The summed E-state index contributed by atoms with van der Waals surface area (Å²) in [5.41, 5.74) is 3.61. The van der Waals surface area contributed by atoms with Crippen LogP contribution in [0.15, 0.2) is 66.7 Å². The Hall–Kier alpha value is -3.62. The Balaban J connectivity index is 1.89. The van der Waals surface area contributed by atoms with Gasteiger partial charge in [0.2, 0.25) is 0 Å². The Morgan fingerprint density at radius 1 is 1.06 bits per heavy atom. The third-order valence-electron chi connectivity index (χ3n) is 5.93. The zero-order valence-corrected chi connectivity index (χ0v) is 18.2. The van der Waals surface area contributed by atoms with E-state index < -0.39 is 18.1 Å². The first-order chi connectivity index (χ1) is 15.4. The average Bonchev–Trinajstić information content (AvgIpc) is 3.24. The minimum Gasteiger partial charge on any atom is -0.480 e. The first-order valence-electron chi connectivity index (χ1n) is 10.3. The molecule has 2 atom stereocenters. The van der Waals surface area contributed by atoms with Gasteiger partial charge in [-0.2, -0.15) is 5.26 Å². The fourth-order valence-electron chi connectivity index (χ4n) is 4.50. The number of aryl methyl sites for hydroxylation is 1. The van der Waals surface area contributed by atoms with Gasteiger partial charge >= 0.3 is 5.97 Å². The highest BCUT2D eigenvalue weighted by Gasteiger charge is 2.43. The number of halogens is 1. The molecule has 0 aromatic heterocycles. The highest BCUT2D eigenvalue weighted by Crippen LogP contribution is 2.41. The van der Waals surface area contributed by atoms with Crippen LogP contribution in [0, 0.1) is 18.3 Å². The Morgan fingerprint density at radius 2 is 1.75 bits per heavy atom. The van der Waals surface area contributed by atoms with Crippen LogP contribution in [0.3, 0.4) is 0 Å². The van der Waals surface area contributed by atoms with Crippen LogP contribution in [0.1, 0.15) is 45.9 Å². The second-order valence-corrected chi connectivity index (χ2v) is 8.28. The summed E-state index contributed by atoms with van der Waals surface area (Å²) in [6.45, 7) is 1.77. The van der Waals surface area contributed by atoms with Crippen molar-refractivity contribution in [1.29, 1.82) is 5.26 Å². The molecule has 0 radical (unpaired) electrons. The summed E-state index contributed by atoms with van der Waals surface area (Å²) in [5.74, 6) is -1.42. The number of hydrogen-bond acceptors (Lipinski definition) is 3. The van der Waals surface area contributed by atoms with Gasteiger partial charge in [-0.3, -0.25) is 4.79 Å². The van der Waals surface area contributed by atoms with Gasteiger partial charge in [-0.1, -0.05) is 60.1 Å². The molecule has 5 nitrogen and oxygen atoms in total. The zero-order valence-electron chi connectivity index (χ0n) is 17.5. The molecule has 1 amide bonds. The molecule has 1 fully saturated rings. The molecule has 160 valence electrons. The van der Waals surface area contributed by atoms with Gasteiger partial charge < -0.3 is 10.0 Å². The predicted molar refractivity (Wildman–Crippen MR) is 122 cm³/mol. The lowest BCUT2D eigenvalue weighted by molar-refractivity contribution is -0.141. The number of rotatable bonds is 4. The van der Waals surface area contributed by atoms with E-state index in [2.05, 4.69) is 6.07 Å². The number of likely N-dealkylation sites (tertiary alicyclic amines) is 1. The number of carboxylic acids is 1. The van der Waals surface area contributed by atoms with Crippen LogP contribution >= 0.6 is 11.6 Å². The highest BCUT2D eigenvalue weighted by molar-refractivity contribution is 6.31. The van der Waals surface area contributed by atoms with Gasteiger partial charge in [-0.25, -0.2) is 4.79 Å². The summed E-state index contributed by atoms with van der Waals surface area (Å²) in [6.07, 6.45) is 0.843. The maximum absolute atomic E-state index is 14.0. The van der Waals surface area contributed by atoms with Crippen molar-refractivity contribution in [2.45, 2.75) is 31.8 Å². The number of amides is 1. The summed E-state index contributed by atoms with van der Waals surface area (Å²) in [4.78, 5) is 27.5. The Morgan fingerprint density at radius 3 is 2.41 bits per heavy atom. The van der Waals surface area contributed by atoms with E-state index in [9.17, 15) is 20.0 Å². The second-order valence-electron chi connectivity index (χ2n) is 7.87. The lowest BCUT2D eigenvalue weighted by Crippen LogP contribution is -2.42. The molecule has 0 saturated carbocycles. The van der Waals surface area contributed by atoms with Crippen molar-refractivity contribution in [1.82, 2.24) is 4.90 Å². The zero-order chi connectivity index (χ0) is 22.8. The molecule has 6 heteroatoms. The van der Waals surface area contributed by atoms with E-state index in [0.29, 0.717) is 40.1 Å². The largest absolute Gasteiger partial charge is 0.480 e. The molecule has 1 saturated heterocycles. The van der Waals surface area contributed by atoms with Gasteiger partial charge in [0.1, 0.15) is 6.04 Å². The number of carbonyl (C=O) groups is 2. The van der Waals surface area contributed by atoms with Crippen LogP contribution in [-0.2, 0) is 4.79 Å². The Labute approximate surface area is 191 Å². The SMILES string of the molecule is Cc1cc(C#N)cc(-c2ccccc2)c1C(=O)N1C(C(=O)O)CCC1c1ccccc1Cl. The van der Waals surface area contributed by atoms with Crippen molar-refractivity contribution < 1.29 is 14.7 Å². The summed E-state index contributed by atoms with van der Waals surface area (Å²) in [5, 5.41) is 19.9. The van der Waals surface area contributed by atoms with Gasteiger partial charge in [-0.05, 0) is 60.2 Å². The Bertz CT molecular complexity index is 1230. The van der Waals surface area contributed by atoms with Crippen LogP contribution < -0.4 is 0 Å². The van der Waals surface area contributed by atoms with E-state index in [-0.39, 0.29) is 5.91 Å². The molecule has 0 spiro atoms. The lowest BCUT2D eigenvalue weighted by atomic mass is 9.92. The molecule has 3 aromatic rings. The number of benzene rings is 3. The molecule has 1 N–H and O–H groups in total. The predicted octanol–water partition coefficient (Wildman–Crippen LogP) is 5.62.